The maximum absolute atomic E-state index is 9.44. The number of hydrogen-bond acceptors (Lipinski definition) is 3. The smallest absolute Gasteiger partial charge is 0.0586 e. The highest BCUT2D eigenvalue weighted by Gasteiger charge is 2.31. The molecule has 0 aromatic rings. The van der Waals surface area contributed by atoms with Gasteiger partial charge in [0.15, 0.2) is 0 Å². The molecule has 0 amide bonds. The van der Waals surface area contributed by atoms with Crippen LogP contribution in [0.4, 0.5) is 0 Å². The van der Waals surface area contributed by atoms with Gasteiger partial charge in [-0.25, -0.2) is 0 Å². The van der Waals surface area contributed by atoms with E-state index in [1.54, 1.807) is 0 Å². The Morgan fingerprint density at radius 2 is 2.12 bits per heavy atom. The van der Waals surface area contributed by atoms with E-state index >= 15 is 0 Å². The molecule has 1 heterocycles. The minimum absolute atomic E-state index is 0.251. The Hall–Kier alpha value is -0.120. The largest absolute Gasteiger partial charge is 0.395 e. The molecular weight excluding hydrogens is 212 g/mol. The van der Waals surface area contributed by atoms with Crippen LogP contribution in [0.5, 0.6) is 0 Å². The number of hydrogen-bond donors (Lipinski definition) is 2. The van der Waals surface area contributed by atoms with Crippen molar-refractivity contribution in [2.75, 3.05) is 26.2 Å². The second-order valence-electron chi connectivity index (χ2n) is 6.07. The normalized spacial score (nSPS) is 24.9. The Morgan fingerprint density at radius 3 is 2.71 bits per heavy atom. The number of rotatable bonds is 6. The summed E-state index contributed by atoms with van der Waals surface area (Å²) in [5, 5.41) is 13.0. The van der Waals surface area contributed by atoms with Gasteiger partial charge in [0, 0.05) is 18.6 Å². The van der Waals surface area contributed by atoms with Gasteiger partial charge in [-0.15, -0.1) is 0 Å². The number of nitrogens with one attached hydrogen (secondary N) is 1. The molecular formula is C14H30N2O. The van der Waals surface area contributed by atoms with Crippen molar-refractivity contribution in [1.29, 1.82) is 0 Å². The maximum Gasteiger partial charge on any atom is 0.0586 e. The van der Waals surface area contributed by atoms with E-state index in [4.69, 9.17) is 0 Å². The van der Waals surface area contributed by atoms with Crippen LogP contribution < -0.4 is 5.32 Å². The van der Waals surface area contributed by atoms with Crippen LogP contribution in [-0.4, -0.2) is 48.3 Å². The van der Waals surface area contributed by atoms with Crippen molar-refractivity contribution >= 4 is 0 Å². The fourth-order valence-electron chi connectivity index (χ4n) is 2.72. The van der Waals surface area contributed by atoms with Gasteiger partial charge < -0.3 is 10.4 Å². The van der Waals surface area contributed by atoms with Crippen molar-refractivity contribution in [3.8, 4) is 0 Å². The summed E-state index contributed by atoms with van der Waals surface area (Å²) in [6, 6.07) is 0.894. The molecule has 17 heavy (non-hydrogen) atoms. The van der Waals surface area contributed by atoms with Gasteiger partial charge in [0.2, 0.25) is 0 Å². The Labute approximate surface area is 107 Å². The summed E-state index contributed by atoms with van der Waals surface area (Å²) >= 11 is 0. The third-order valence-corrected chi connectivity index (χ3v) is 4.25. The fourth-order valence-corrected chi connectivity index (χ4v) is 2.72. The van der Waals surface area contributed by atoms with E-state index in [9.17, 15) is 5.11 Å². The highest BCUT2D eigenvalue weighted by atomic mass is 16.3. The molecule has 2 N–H and O–H groups in total. The second-order valence-corrected chi connectivity index (χ2v) is 6.07. The van der Waals surface area contributed by atoms with Gasteiger partial charge >= 0.3 is 0 Å². The van der Waals surface area contributed by atoms with Gasteiger partial charge in [0.1, 0.15) is 0 Å². The molecule has 1 fully saturated rings. The first kappa shape index (κ1) is 14.9. The van der Waals surface area contributed by atoms with Gasteiger partial charge in [-0.05, 0) is 38.3 Å². The zero-order valence-corrected chi connectivity index (χ0v) is 12.0. The number of nitrogens with zero attached hydrogens (tertiary/aromatic N) is 1. The number of aliphatic hydroxyl groups is 1. The van der Waals surface area contributed by atoms with Crippen LogP contribution >= 0.6 is 0 Å². The van der Waals surface area contributed by atoms with Crippen molar-refractivity contribution < 1.29 is 5.11 Å². The number of likely N-dealkylation sites (tertiary alicyclic amines) is 1. The van der Waals surface area contributed by atoms with Crippen molar-refractivity contribution in [1.82, 2.24) is 10.2 Å². The predicted molar refractivity (Wildman–Crippen MR) is 73.2 cm³/mol. The zero-order valence-electron chi connectivity index (χ0n) is 12.0. The Bertz CT molecular complexity index is 218. The van der Waals surface area contributed by atoms with E-state index in [1.807, 2.05) is 0 Å². The first-order chi connectivity index (χ1) is 8.01. The monoisotopic (exact) mass is 242 g/mol. The van der Waals surface area contributed by atoms with Crippen LogP contribution in [0.1, 0.15) is 47.0 Å². The van der Waals surface area contributed by atoms with E-state index < -0.39 is 0 Å². The quantitative estimate of drug-likeness (QED) is 0.746. The molecule has 0 spiro atoms. The van der Waals surface area contributed by atoms with Crippen LogP contribution in [0.15, 0.2) is 0 Å². The highest BCUT2D eigenvalue weighted by Crippen LogP contribution is 2.26. The van der Waals surface area contributed by atoms with E-state index in [1.165, 1.54) is 12.8 Å². The maximum atomic E-state index is 9.44. The van der Waals surface area contributed by atoms with E-state index in [2.05, 4.69) is 37.9 Å². The summed E-state index contributed by atoms with van der Waals surface area (Å²) in [4.78, 5) is 2.48. The summed E-state index contributed by atoms with van der Waals surface area (Å²) in [5.41, 5.74) is 0.251. The topological polar surface area (TPSA) is 35.5 Å². The molecule has 3 heteroatoms. The Kier molecular flexibility index (Phi) is 5.90. The van der Waals surface area contributed by atoms with Crippen LogP contribution in [0.2, 0.25) is 0 Å². The van der Waals surface area contributed by atoms with E-state index in [-0.39, 0.29) is 5.41 Å². The van der Waals surface area contributed by atoms with E-state index in [0.717, 1.165) is 26.1 Å². The molecule has 0 aromatic heterocycles. The molecule has 102 valence electrons. The summed E-state index contributed by atoms with van der Waals surface area (Å²) < 4.78 is 0. The van der Waals surface area contributed by atoms with Gasteiger partial charge in [-0.1, -0.05) is 27.2 Å². The lowest BCUT2D eigenvalue weighted by molar-refractivity contribution is 0.0475. The third kappa shape index (κ3) is 4.23. The van der Waals surface area contributed by atoms with Crippen LogP contribution in [0, 0.1) is 5.41 Å². The lowest BCUT2D eigenvalue weighted by atomic mass is 9.83. The molecule has 3 nitrogen and oxygen atoms in total. The predicted octanol–water partition coefficient (Wildman–Crippen LogP) is 1.86. The molecule has 1 aliphatic heterocycles. The van der Waals surface area contributed by atoms with E-state index in [0.29, 0.717) is 18.7 Å². The van der Waals surface area contributed by atoms with Crippen molar-refractivity contribution in [3.05, 3.63) is 0 Å². The average Bonchev–Trinajstić information content (AvgIpc) is 2.29. The van der Waals surface area contributed by atoms with Crippen molar-refractivity contribution in [2.24, 2.45) is 5.41 Å². The van der Waals surface area contributed by atoms with Gasteiger partial charge in [0.05, 0.1) is 6.61 Å². The molecule has 1 rings (SSSR count). The molecule has 0 bridgehead atoms. The van der Waals surface area contributed by atoms with Crippen molar-refractivity contribution in [2.45, 2.75) is 59.0 Å². The second kappa shape index (κ2) is 6.72. The van der Waals surface area contributed by atoms with Gasteiger partial charge in [-0.3, -0.25) is 4.90 Å². The third-order valence-electron chi connectivity index (χ3n) is 4.25. The van der Waals surface area contributed by atoms with Crippen molar-refractivity contribution in [3.63, 3.8) is 0 Å². The summed E-state index contributed by atoms with van der Waals surface area (Å²) in [6.45, 7) is 12.6. The molecule has 0 aromatic carbocycles. The van der Waals surface area contributed by atoms with Gasteiger partial charge in [-0.2, -0.15) is 0 Å². The molecule has 1 saturated heterocycles. The van der Waals surface area contributed by atoms with Gasteiger partial charge in [0.25, 0.3) is 0 Å². The Balaban J connectivity index is 2.54. The first-order valence-corrected chi connectivity index (χ1v) is 7.09. The first-order valence-electron chi connectivity index (χ1n) is 7.09. The molecule has 0 saturated carbocycles. The van der Waals surface area contributed by atoms with Crippen LogP contribution in [0.25, 0.3) is 0 Å². The molecule has 2 unspecified atom stereocenters. The summed E-state index contributed by atoms with van der Waals surface area (Å²) in [5.74, 6) is 0. The fraction of sp³-hybridized carbons (Fsp3) is 1.00. The minimum Gasteiger partial charge on any atom is -0.395 e. The lowest BCUT2D eigenvalue weighted by Gasteiger charge is -2.42. The molecule has 0 aliphatic carbocycles. The number of aliphatic hydroxyl groups excluding tert-OH is 1. The van der Waals surface area contributed by atoms with Crippen LogP contribution in [-0.2, 0) is 0 Å². The standard InChI is InChI=1S/C14H30N2O/c1-5-15-12(2)14(3,4)11-16-9-7-6-8-13(16)10-17/h12-13,15,17H,5-11H2,1-4H3. The molecule has 2 atom stereocenters. The molecule has 0 radical (unpaired) electrons. The molecule has 1 aliphatic rings. The highest BCUT2D eigenvalue weighted by molar-refractivity contribution is 4.87. The lowest BCUT2D eigenvalue weighted by Crippen LogP contribution is -2.51. The minimum atomic E-state index is 0.251. The SMILES string of the molecule is CCNC(C)C(C)(C)CN1CCCCC1CO. The van der Waals surface area contributed by atoms with Crippen LogP contribution in [0.3, 0.4) is 0 Å². The average molecular weight is 242 g/mol. The summed E-state index contributed by atoms with van der Waals surface area (Å²) in [7, 11) is 0. The zero-order chi connectivity index (χ0) is 12.9. The Morgan fingerprint density at radius 1 is 1.41 bits per heavy atom. The number of piperidine rings is 1. The summed E-state index contributed by atoms with van der Waals surface area (Å²) in [6.07, 6.45) is 3.70.